The molecule has 2 atom stereocenters. The topological polar surface area (TPSA) is 0 Å². The maximum atomic E-state index is 2.40. The Morgan fingerprint density at radius 3 is 1.38 bits per heavy atom. The van der Waals surface area contributed by atoms with Crippen LogP contribution in [0.1, 0.15) is 11.1 Å². The van der Waals surface area contributed by atoms with Gasteiger partial charge in [-0.3, -0.25) is 0 Å². The molecule has 0 saturated heterocycles. The fraction of sp³-hybridized carbons (Fsp3) is 0.182. The molecule has 0 aromatic heterocycles. The third kappa shape index (κ3) is 2.89. The van der Waals surface area contributed by atoms with Crippen LogP contribution in [0.15, 0.2) is 82.6 Å². The van der Waals surface area contributed by atoms with Crippen LogP contribution in [0.4, 0.5) is 0 Å². The van der Waals surface area contributed by atoms with Gasteiger partial charge in [-0.15, -0.1) is 0 Å². The standard InChI is InChI=1S/C22H22S2/c1-23-15-17-9-3-5-11-19(17)20-12-6-4-10-18(20)16-24(2)22-14-8-7-13-21(22)23/h3-14H,15-16H2,1-2H3/q+2. The molecule has 1 heterocycles. The highest BCUT2D eigenvalue weighted by atomic mass is 32.2. The van der Waals surface area contributed by atoms with Crippen molar-refractivity contribution in [2.45, 2.75) is 21.3 Å². The number of hydrogen-bond donors (Lipinski definition) is 0. The molecule has 0 amide bonds. The molecule has 2 unspecified atom stereocenters. The van der Waals surface area contributed by atoms with Crippen LogP contribution in [0, 0.1) is 0 Å². The van der Waals surface area contributed by atoms with Crippen LogP contribution in [0.2, 0.25) is 0 Å². The van der Waals surface area contributed by atoms with E-state index in [1.54, 1.807) is 9.79 Å². The molecule has 1 aliphatic rings. The van der Waals surface area contributed by atoms with Crippen molar-refractivity contribution in [1.29, 1.82) is 0 Å². The summed E-state index contributed by atoms with van der Waals surface area (Å²) in [6.07, 6.45) is 4.81. The first-order valence-corrected chi connectivity index (χ1v) is 11.8. The molecule has 24 heavy (non-hydrogen) atoms. The van der Waals surface area contributed by atoms with Crippen molar-refractivity contribution in [3.8, 4) is 11.1 Å². The number of rotatable bonds is 0. The molecule has 0 nitrogen and oxygen atoms in total. The van der Waals surface area contributed by atoms with Gasteiger partial charge in [0, 0.05) is 32.9 Å². The van der Waals surface area contributed by atoms with Crippen LogP contribution in [0.5, 0.6) is 0 Å². The van der Waals surface area contributed by atoms with Gasteiger partial charge in [0.05, 0.1) is 0 Å². The number of hydrogen-bond acceptors (Lipinski definition) is 0. The molecule has 0 radical (unpaired) electrons. The second-order valence-corrected chi connectivity index (χ2v) is 10.3. The molecule has 0 fully saturated rings. The minimum atomic E-state index is 0.236. The molecule has 1 aliphatic heterocycles. The van der Waals surface area contributed by atoms with E-state index in [0.717, 1.165) is 11.5 Å². The van der Waals surface area contributed by atoms with Gasteiger partial charge >= 0.3 is 0 Å². The summed E-state index contributed by atoms with van der Waals surface area (Å²) in [5.41, 5.74) is 5.79. The first kappa shape index (κ1) is 15.9. The third-order valence-electron chi connectivity index (χ3n) is 4.67. The first-order chi connectivity index (χ1) is 11.7. The predicted molar refractivity (Wildman–Crippen MR) is 109 cm³/mol. The van der Waals surface area contributed by atoms with E-state index >= 15 is 0 Å². The largest absolute Gasteiger partial charge is 0.209 e. The summed E-state index contributed by atoms with van der Waals surface area (Å²) in [5.74, 6) is 2.25. The molecule has 4 rings (SSSR count). The zero-order valence-electron chi connectivity index (χ0n) is 14.2. The average Bonchev–Trinajstić information content (AvgIpc) is 2.62. The Labute approximate surface area is 150 Å². The zero-order valence-corrected chi connectivity index (χ0v) is 15.8. The van der Waals surface area contributed by atoms with E-state index in [-0.39, 0.29) is 21.8 Å². The maximum absolute atomic E-state index is 2.40. The van der Waals surface area contributed by atoms with E-state index < -0.39 is 0 Å². The normalized spacial score (nSPS) is 19.8. The number of fused-ring (bicyclic) bond motifs is 4. The van der Waals surface area contributed by atoms with E-state index in [1.165, 1.54) is 22.3 Å². The molecule has 0 saturated carbocycles. The van der Waals surface area contributed by atoms with Crippen molar-refractivity contribution in [2.24, 2.45) is 0 Å². The monoisotopic (exact) mass is 350 g/mol. The lowest BCUT2D eigenvalue weighted by Crippen LogP contribution is -2.14. The Hall–Kier alpha value is -1.64. The molecular weight excluding hydrogens is 328 g/mol. The molecular formula is C22H22S2+2. The van der Waals surface area contributed by atoms with Gasteiger partial charge in [-0.25, -0.2) is 0 Å². The van der Waals surface area contributed by atoms with Gasteiger partial charge in [0.1, 0.15) is 24.0 Å². The highest BCUT2D eigenvalue weighted by molar-refractivity contribution is 7.98. The molecule has 0 aliphatic carbocycles. The minimum Gasteiger partial charge on any atom is -0.0618 e. The fourth-order valence-electron chi connectivity index (χ4n) is 3.47. The van der Waals surface area contributed by atoms with Crippen molar-refractivity contribution in [2.75, 3.05) is 12.5 Å². The Kier molecular flexibility index (Phi) is 4.43. The van der Waals surface area contributed by atoms with E-state index in [2.05, 4.69) is 85.3 Å². The van der Waals surface area contributed by atoms with Gasteiger partial charge in [0.25, 0.3) is 0 Å². The third-order valence-corrected chi connectivity index (χ3v) is 8.50. The van der Waals surface area contributed by atoms with Crippen LogP contribution >= 0.6 is 0 Å². The van der Waals surface area contributed by atoms with Gasteiger partial charge in [-0.05, 0) is 23.3 Å². The molecule has 0 spiro atoms. The Balaban J connectivity index is 1.95. The Bertz CT molecular complexity index is 797. The SMILES string of the molecule is C[S+]1Cc2ccccc2-c2ccccc2C[S+](C)c2ccccc21. The quantitative estimate of drug-likeness (QED) is 0.484. The summed E-state index contributed by atoms with van der Waals surface area (Å²) < 4.78 is 0. The van der Waals surface area contributed by atoms with Crippen molar-refractivity contribution < 1.29 is 0 Å². The molecule has 0 bridgehead atoms. The van der Waals surface area contributed by atoms with E-state index in [0.29, 0.717) is 0 Å². The van der Waals surface area contributed by atoms with E-state index in [4.69, 9.17) is 0 Å². The van der Waals surface area contributed by atoms with Crippen molar-refractivity contribution >= 4 is 21.8 Å². The van der Waals surface area contributed by atoms with Gasteiger partial charge in [-0.1, -0.05) is 60.7 Å². The summed E-state index contributed by atoms with van der Waals surface area (Å²) in [6, 6.07) is 27.0. The van der Waals surface area contributed by atoms with Crippen molar-refractivity contribution in [3.63, 3.8) is 0 Å². The summed E-state index contributed by atoms with van der Waals surface area (Å²) >= 11 is 0. The Morgan fingerprint density at radius 2 is 0.917 bits per heavy atom. The van der Waals surface area contributed by atoms with Gasteiger partial charge in [-0.2, -0.15) is 0 Å². The average molecular weight is 351 g/mol. The lowest BCUT2D eigenvalue weighted by molar-refractivity contribution is 1.19. The summed E-state index contributed by atoms with van der Waals surface area (Å²) in [7, 11) is 0.471. The van der Waals surface area contributed by atoms with Crippen LogP contribution in [-0.4, -0.2) is 12.5 Å². The Morgan fingerprint density at radius 1 is 0.542 bits per heavy atom. The predicted octanol–water partition coefficient (Wildman–Crippen LogP) is 5.28. The molecule has 0 N–H and O–H groups in total. The minimum absolute atomic E-state index is 0.236. The molecule has 2 heteroatoms. The van der Waals surface area contributed by atoms with Gasteiger partial charge < -0.3 is 0 Å². The van der Waals surface area contributed by atoms with Crippen LogP contribution in [0.3, 0.4) is 0 Å². The second kappa shape index (κ2) is 6.70. The first-order valence-electron chi connectivity index (χ1n) is 8.24. The van der Waals surface area contributed by atoms with Crippen molar-refractivity contribution in [1.82, 2.24) is 0 Å². The lowest BCUT2D eigenvalue weighted by atomic mass is 9.97. The lowest BCUT2D eigenvalue weighted by Gasteiger charge is -2.16. The van der Waals surface area contributed by atoms with E-state index in [9.17, 15) is 0 Å². The smallest absolute Gasteiger partial charge is 0.0618 e. The van der Waals surface area contributed by atoms with Crippen molar-refractivity contribution in [3.05, 3.63) is 83.9 Å². The number of benzene rings is 3. The van der Waals surface area contributed by atoms with Crippen LogP contribution in [-0.2, 0) is 33.3 Å². The molecule has 3 aromatic rings. The van der Waals surface area contributed by atoms with E-state index in [1.807, 2.05) is 0 Å². The second-order valence-electron chi connectivity index (χ2n) is 6.32. The zero-order chi connectivity index (χ0) is 16.5. The highest BCUT2D eigenvalue weighted by Crippen LogP contribution is 2.35. The van der Waals surface area contributed by atoms with Gasteiger partial charge in [0.15, 0.2) is 0 Å². The van der Waals surface area contributed by atoms with Crippen LogP contribution in [0.25, 0.3) is 11.1 Å². The summed E-state index contributed by atoms with van der Waals surface area (Å²) in [6.45, 7) is 0. The van der Waals surface area contributed by atoms with Crippen LogP contribution < -0.4 is 0 Å². The molecule has 120 valence electrons. The summed E-state index contributed by atoms with van der Waals surface area (Å²) in [4.78, 5) is 3.11. The maximum Gasteiger partial charge on any atom is 0.209 e. The fourth-order valence-corrected chi connectivity index (χ4v) is 7.51. The molecule has 3 aromatic carbocycles. The summed E-state index contributed by atoms with van der Waals surface area (Å²) in [5, 5.41) is 0. The highest BCUT2D eigenvalue weighted by Gasteiger charge is 2.32. The van der Waals surface area contributed by atoms with Gasteiger partial charge in [0.2, 0.25) is 9.79 Å².